The summed E-state index contributed by atoms with van der Waals surface area (Å²) in [5.74, 6) is 1.01. The van der Waals surface area contributed by atoms with Crippen LogP contribution in [0.2, 0.25) is 0 Å². The van der Waals surface area contributed by atoms with E-state index in [2.05, 4.69) is 42.0 Å². The van der Waals surface area contributed by atoms with Gasteiger partial charge in [-0.1, -0.05) is 0 Å². The number of methoxy groups -OCH3 is 1. The van der Waals surface area contributed by atoms with Crippen molar-refractivity contribution < 1.29 is 9.53 Å². The highest BCUT2D eigenvalue weighted by Gasteiger charge is 2.18. The number of aryl methyl sites for hydroxylation is 3. The molecule has 0 bridgehead atoms. The molecule has 4 aromatic rings. The smallest absolute Gasteiger partial charge is 0.222 e. The molecule has 1 N–H and O–H groups in total. The van der Waals surface area contributed by atoms with Gasteiger partial charge in [-0.25, -0.2) is 0 Å². The number of H-pyrrole nitrogens is 1. The van der Waals surface area contributed by atoms with Gasteiger partial charge >= 0.3 is 0 Å². The van der Waals surface area contributed by atoms with Crippen LogP contribution in [0, 0.1) is 13.8 Å². The summed E-state index contributed by atoms with van der Waals surface area (Å²) in [6.07, 6.45) is 4.95. The first-order chi connectivity index (χ1) is 14.5. The molecular weight excluding hydrogens is 374 g/mol. The number of pyridine rings is 1. The molecule has 0 saturated heterocycles. The molecule has 0 saturated carbocycles. The average Bonchev–Trinajstić information content (AvgIpc) is 3.16. The first-order valence-electron chi connectivity index (χ1n) is 10.6. The maximum atomic E-state index is 12.6. The summed E-state index contributed by atoms with van der Waals surface area (Å²) in [6, 6.07) is 6.23. The number of aromatic nitrogens is 2. The number of rotatable bonds is 6. The van der Waals surface area contributed by atoms with Gasteiger partial charge in [0.25, 0.3) is 0 Å². The lowest BCUT2D eigenvalue weighted by atomic mass is 9.96. The first-order valence-corrected chi connectivity index (χ1v) is 10.6. The quantitative estimate of drug-likeness (QED) is 0.475. The third-order valence-electron chi connectivity index (χ3n) is 6.30. The summed E-state index contributed by atoms with van der Waals surface area (Å²) >= 11 is 0. The Morgan fingerprint density at radius 2 is 1.83 bits per heavy atom. The lowest BCUT2D eigenvalue weighted by Crippen LogP contribution is -2.30. The number of carbonyl (C=O) groups is 1. The molecular formula is C25H29N3O2. The molecule has 2 aromatic carbocycles. The van der Waals surface area contributed by atoms with Crippen LogP contribution in [-0.2, 0) is 11.2 Å². The third-order valence-corrected chi connectivity index (χ3v) is 6.30. The Morgan fingerprint density at radius 3 is 2.53 bits per heavy atom. The van der Waals surface area contributed by atoms with Gasteiger partial charge in [-0.15, -0.1) is 0 Å². The van der Waals surface area contributed by atoms with Crippen LogP contribution in [0.5, 0.6) is 5.75 Å². The van der Waals surface area contributed by atoms with Crippen LogP contribution in [0.25, 0.3) is 32.6 Å². The summed E-state index contributed by atoms with van der Waals surface area (Å²) < 4.78 is 5.61. The molecule has 0 aliphatic heterocycles. The number of nitrogens with zero attached hydrogens (tertiary/aromatic N) is 2. The minimum atomic E-state index is 0.191. The van der Waals surface area contributed by atoms with Gasteiger partial charge in [-0.05, 0) is 74.4 Å². The van der Waals surface area contributed by atoms with Gasteiger partial charge in [0, 0.05) is 53.6 Å². The molecule has 156 valence electrons. The molecule has 0 atom stereocenters. The highest BCUT2D eigenvalue weighted by atomic mass is 16.5. The summed E-state index contributed by atoms with van der Waals surface area (Å²) in [4.78, 5) is 22.5. The molecule has 2 aromatic heterocycles. The fourth-order valence-corrected chi connectivity index (χ4v) is 4.59. The zero-order valence-corrected chi connectivity index (χ0v) is 18.4. The Morgan fingerprint density at radius 1 is 1.07 bits per heavy atom. The van der Waals surface area contributed by atoms with Gasteiger partial charge in [0.05, 0.1) is 12.6 Å². The predicted octanol–water partition coefficient (Wildman–Crippen LogP) is 5.30. The molecule has 0 unspecified atom stereocenters. The van der Waals surface area contributed by atoms with Crippen molar-refractivity contribution in [1.29, 1.82) is 0 Å². The van der Waals surface area contributed by atoms with Gasteiger partial charge < -0.3 is 14.6 Å². The maximum absolute atomic E-state index is 12.6. The van der Waals surface area contributed by atoms with Crippen molar-refractivity contribution in [2.24, 2.45) is 0 Å². The Labute approximate surface area is 177 Å². The van der Waals surface area contributed by atoms with Crippen molar-refractivity contribution >= 4 is 38.5 Å². The topological polar surface area (TPSA) is 58.2 Å². The standard InChI is InChI=1S/C25H29N3O2/c1-6-28(7-2)22(29)9-8-17-12-18(30-5)13-20-23-15(3)21-14-26-11-10-19(21)16(4)24(23)27-25(17)20/h10-14,27H,6-9H2,1-5H3. The molecule has 2 heterocycles. The Hall–Kier alpha value is -3.08. The molecule has 0 radical (unpaired) electrons. The molecule has 0 spiro atoms. The number of ether oxygens (including phenoxy) is 1. The minimum Gasteiger partial charge on any atom is -0.497 e. The highest BCUT2D eigenvalue weighted by molar-refractivity contribution is 6.17. The monoisotopic (exact) mass is 403 g/mol. The lowest BCUT2D eigenvalue weighted by Gasteiger charge is -2.18. The molecule has 4 rings (SSSR count). The second kappa shape index (κ2) is 7.98. The normalized spacial score (nSPS) is 11.5. The SMILES string of the molecule is CCN(CC)C(=O)CCc1cc(OC)cc2c1[nH]c1c(C)c3ccncc3c(C)c12. The molecule has 0 fully saturated rings. The Balaban J connectivity index is 1.91. The van der Waals surface area contributed by atoms with Gasteiger partial charge in [-0.3, -0.25) is 9.78 Å². The van der Waals surface area contributed by atoms with E-state index in [-0.39, 0.29) is 5.91 Å². The van der Waals surface area contributed by atoms with Gasteiger partial charge in [0.1, 0.15) is 5.75 Å². The molecule has 0 aliphatic carbocycles. The lowest BCUT2D eigenvalue weighted by molar-refractivity contribution is -0.130. The van der Waals surface area contributed by atoms with E-state index >= 15 is 0 Å². The molecule has 1 amide bonds. The van der Waals surface area contributed by atoms with E-state index in [1.54, 1.807) is 7.11 Å². The van der Waals surface area contributed by atoms with Crippen molar-refractivity contribution in [3.63, 3.8) is 0 Å². The zero-order valence-electron chi connectivity index (χ0n) is 18.4. The van der Waals surface area contributed by atoms with Crippen LogP contribution in [0.15, 0.2) is 30.6 Å². The second-order valence-electron chi connectivity index (χ2n) is 7.82. The molecule has 0 aliphatic rings. The van der Waals surface area contributed by atoms with E-state index in [1.165, 1.54) is 27.3 Å². The number of amides is 1. The third kappa shape index (κ3) is 3.18. The minimum absolute atomic E-state index is 0.191. The second-order valence-corrected chi connectivity index (χ2v) is 7.82. The van der Waals surface area contributed by atoms with E-state index in [9.17, 15) is 4.79 Å². The van der Waals surface area contributed by atoms with Crippen molar-refractivity contribution in [1.82, 2.24) is 14.9 Å². The largest absolute Gasteiger partial charge is 0.497 e. The number of aromatic amines is 1. The number of carbonyl (C=O) groups excluding carboxylic acids is 1. The van der Waals surface area contributed by atoms with Crippen LogP contribution in [0.3, 0.4) is 0 Å². The van der Waals surface area contributed by atoms with E-state index < -0.39 is 0 Å². The van der Waals surface area contributed by atoms with Crippen LogP contribution < -0.4 is 4.74 Å². The number of hydrogen-bond acceptors (Lipinski definition) is 3. The number of nitrogens with one attached hydrogen (secondary N) is 1. The molecule has 5 heteroatoms. The first kappa shape index (κ1) is 20.2. The summed E-state index contributed by atoms with van der Waals surface area (Å²) in [5.41, 5.74) is 5.78. The van der Waals surface area contributed by atoms with Crippen molar-refractivity contribution in [3.05, 3.63) is 47.3 Å². The highest BCUT2D eigenvalue weighted by Crippen LogP contribution is 2.39. The van der Waals surface area contributed by atoms with Gasteiger partial charge in [0.15, 0.2) is 0 Å². The van der Waals surface area contributed by atoms with Crippen LogP contribution in [-0.4, -0.2) is 41.0 Å². The maximum Gasteiger partial charge on any atom is 0.222 e. The Kier molecular flexibility index (Phi) is 5.37. The zero-order chi connectivity index (χ0) is 21.4. The van der Waals surface area contributed by atoms with E-state index in [1.807, 2.05) is 31.1 Å². The summed E-state index contributed by atoms with van der Waals surface area (Å²) in [7, 11) is 1.69. The number of fused-ring (bicyclic) bond motifs is 4. The number of benzene rings is 2. The molecule has 5 nitrogen and oxygen atoms in total. The fourth-order valence-electron chi connectivity index (χ4n) is 4.59. The van der Waals surface area contributed by atoms with E-state index in [0.29, 0.717) is 12.8 Å². The van der Waals surface area contributed by atoms with Gasteiger partial charge in [0.2, 0.25) is 5.91 Å². The van der Waals surface area contributed by atoms with Gasteiger partial charge in [-0.2, -0.15) is 0 Å². The van der Waals surface area contributed by atoms with Crippen LogP contribution in [0.1, 0.15) is 37.0 Å². The number of hydrogen-bond donors (Lipinski definition) is 1. The van der Waals surface area contributed by atoms with E-state index in [4.69, 9.17) is 4.74 Å². The van der Waals surface area contributed by atoms with Crippen molar-refractivity contribution in [3.8, 4) is 5.75 Å². The summed E-state index contributed by atoms with van der Waals surface area (Å²) in [6.45, 7) is 9.84. The predicted molar refractivity (Wildman–Crippen MR) is 123 cm³/mol. The Bertz CT molecular complexity index is 1250. The van der Waals surface area contributed by atoms with Crippen molar-refractivity contribution in [2.75, 3.05) is 20.2 Å². The van der Waals surface area contributed by atoms with Crippen LogP contribution in [0.4, 0.5) is 0 Å². The van der Waals surface area contributed by atoms with Crippen LogP contribution >= 0.6 is 0 Å². The van der Waals surface area contributed by atoms with Crippen molar-refractivity contribution in [2.45, 2.75) is 40.5 Å². The van der Waals surface area contributed by atoms with E-state index in [0.717, 1.165) is 40.8 Å². The summed E-state index contributed by atoms with van der Waals surface area (Å²) in [5, 5.41) is 4.73. The molecule has 30 heavy (non-hydrogen) atoms. The fraction of sp³-hybridized carbons (Fsp3) is 0.360. The average molecular weight is 404 g/mol.